The van der Waals surface area contributed by atoms with Gasteiger partial charge in [-0.2, -0.15) is 5.10 Å². The van der Waals surface area contributed by atoms with Crippen molar-refractivity contribution in [3.63, 3.8) is 0 Å². The van der Waals surface area contributed by atoms with Gasteiger partial charge in [-0.05, 0) is 19.4 Å². The Balaban J connectivity index is 1.53. The molecule has 0 radical (unpaired) electrons. The molecule has 3 heterocycles. The molecule has 0 aliphatic carbocycles. The third kappa shape index (κ3) is 3.67. The summed E-state index contributed by atoms with van der Waals surface area (Å²) in [6.07, 6.45) is 5.18. The van der Waals surface area contributed by atoms with Crippen LogP contribution in [0.25, 0.3) is 0 Å². The SMILES string of the molecule is CCc1nccn1CCC(=O)N1C[C@@H](Cc2cc(C)[nH]n2)[C@H](O)C1. The number of hydrogen-bond donors (Lipinski definition) is 2. The number of imidazole rings is 1. The summed E-state index contributed by atoms with van der Waals surface area (Å²) in [4.78, 5) is 18.5. The molecule has 7 nitrogen and oxygen atoms in total. The van der Waals surface area contributed by atoms with Gasteiger partial charge in [-0.25, -0.2) is 4.98 Å². The molecule has 130 valence electrons. The number of aryl methyl sites for hydroxylation is 3. The molecule has 2 N–H and O–H groups in total. The van der Waals surface area contributed by atoms with Crippen LogP contribution in [-0.4, -0.2) is 54.9 Å². The largest absolute Gasteiger partial charge is 0.391 e. The summed E-state index contributed by atoms with van der Waals surface area (Å²) < 4.78 is 2.02. The minimum atomic E-state index is -0.481. The summed E-state index contributed by atoms with van der Waals surface area (Å²) in [5.74, 6) is 1.14. The highest BCUT2D eigenvalue weighted by molar-refractivity contribution is 5.76. The molecule has 1 amide bonds. The van der Waals surface area contributed by atoms with Crippen molar-refractivity contribution in [1.29, 1.82) is 0 Å². The summed E-state index contributed by atoms with van der Waals surface area (Å²) in [5.41, 5.74) is 1.95. The molecule has 2 aromatic heterocycles. The number of H-pyrrole nitrogens is 1. The molecule has 2 atom stereocenters. The second-order valence-corrected chi connectivity index (χ2v) is 6.51. The van der Waals surface area contributed by atoms with E-state index in [-0.39, 0.29) is 11.8 Å². The zero-order valence-electron chi connectivity index (χ0n) is 14.3. The maximum Gasteiger partial charge on any atom is 0.224 e. The molecular weight excluding hydrogens is 306 g/mol. The van der Waals surface area contributed by atoms with Gasteiger partial charge in [0.25, 0.3) is 0 Å². The van der Waals surface area contributed by atoms with Crippen molar-refractivity contribution in [2.24, 2.45) is 5.92 Å². The summed E-state index contributed by atoms with van der Waals surface area (Å²) in [5, 5.41) is 17.4. The van der Waals surface area contributed by atoms with E-state index in [1.165, 1.54) is 0 Å². The lowest BCUT2D eigenvalue weighted by Gasteiger charge is -2.16. The van der Waals surface area contributed by atoms with Crippen LogP contribution in [0.1, 0.15) is 30.6 Å². The molecule has 1 saturated heterocycles. The number of nitrogens with zero attached hydrogens (tertiary/aromatic N) is 4. The Morgan fingerprint density at radius 2 is 2.29 bits per heavy atom. The number of carbonyl (C=O) groups is 1. The quantitative estimate of drug-likeness (QED) is 0.824. The van der Waals surface area contributed by atoms with Gasteiger partial charge < -0.3 is 14.6 Å². The molecule has 1 aliphatic rings. The zero-order valence-corrected chi connectivity index (χ0v) is 14.3. The standard InChI is InChI=1S/C17H25N5O2/c1-3-16-18-5-7-21(16)6-4-17(24)22-10-13(15(23)11-22)9-14-8-12(2)19-20-14/h5,7-8,13,15,23H,3-4,6,9-11H2,1-2H3,(H,19,20)/t13-,15-/m1/s1. The number of likely N-dealkylation sites (tertiary alicyclic amines) is 1. The first-order valence-corrected chi connectivity index (χ1v) is 8.53. The molecule has 24 heavy (non-hydrogen) atoms. The highest BCUT2D eigenvalue weighted by Gasteiger charge is 2.34. The van der Waals surface area contributed by atoms with Crippen molar-refractivity contribution in [2.75, 3.05) is 13.1 Å². The molecule has 0 unspecified atom stereocenters. The highest BCUT2D eigenvalue weighted by Crippen LogP contribution is 2.22. The Bertz CT molecular complexity index is 693. The van der Waals surface area contributed by atoms with Crippen LogP contribution in [0, 0.1) is 12.8 Å². The van der Waals surface area contributed by atoms with E-state index in [1.54, 1.807) is 11.1 Å². The predicted molar refractivity (Wildman–Crippen MR) is 89.3 cm³/mol. The van der Waals surface area contributed by atoms with Crippen molar-refractivity contribution in [2.45, 2.75) is 45.8 Å². The molecule has 0 aromatic carbocycles. The first-order valence-electron chi connectivity index (χ1n) is 8.53. The van der Waals surface area contributed by atoms with Crippen LogP contribution in [0.4, 0.5) is 0 Å². The third-order valence-electron chi connectivity index (χ3n) is 4.67. The van der Waals surface area contributed by atoms with Gasteiger partial charge >= 0.3 is 0 Å². The Hall–Kier alpha value is -2.15. The van der Waals surface area contributed by atoms with Gasteiger partial charge in [-0.3, -0.25) is 9.89 Å². The van der Waals surface area contributed by atoms with Crippen molar-refractivity contribution in [1.82, 2.24) is 24.6 Å². The summed E-state index contributed by atoms with van der Waals surface area (Å²) >= 11 is 0. The van der Waals surface area contributed by atoms with E-state index >= 15 is 0 Å². The molecule has 0 bridgehead atoms. The Labute approximate surface area is 141 Å². The number of aromatic amines is 1. The van der Waals surface area contributed by atoms with E-state index in [0.29, 0.717) is 32.5 Å². The van der Waals surface area contributed by atoms with Crippen molar-refractivity contribution < 1.29 is 9.90 Å². The zero-order chi connectivity index (χ0) is 17.1. The minimum Gasteiger partial charge on any atom is -0.391 e. The highest BCUT2D eigenvalue weighted by atomic mass is 16.3. The van der Waals surface area contributed by atoms with Gasteiger partial charge in [0, 0.05) is 56.5 Å². The number of aliphatic hydroxyl groups is 1. The first-order chi connectivity index (χ1) is 11.6. The van der Waals surface area contributed by atoms with Crippen molar-refractivity contribution >= 4 is 5.91 Å². The molecule has 0 saturated carbocycles. The number of aliphatic hydroxyl groups excluding tert-OH is 1. The number of hydrogen-bond acceptors (Lipinski definition) is 4. The summed E-state index contributed by atoms with van der Waals surface area (Å²) in [7, 11) is 0. The Morgan fingerprint density at radius 1 is 1.46 bits per heavy atom. The first kappa shape index (κ1) is 16.7. The maximum atomic E-state index is 12.4. The average molecular weight is 331 g/mol. The van der Waals surface area contributed by atoms with Crippen molar-refractivity contribution in [3.05, 3.63) is 35.7 Å². The molecule has 0 spiro atoms. The lowest BCUT2D eigenvalue weighted by molar-refractivity contribution is -0.130. The lowest BCUT2D eigenvalue weighted by atomic mass is 10.0. The fourth-order valence-corrected chi connectivity index (χ4v) is 3.34. The van der Waals surface area contributed by atoms with Crippen LogP contribution in [0.15, 0.2) is 18.5 Å². The number of amides is 1. The maximum absolute atomic E-state index is 12.4. The smallest absolute Gasteiger partial charge is 0.224 e. The monoisotopic (exact) mass is 331 g/mol. The summed E-state index contributed by atoms with van der Waals surface area (Å²) in [6.45, 7) is 5.66. The van der Waals surface area contributed by atoms with E-state index in [0.717, 1.165) is 23.6 Å². The van der Waals surface area contributed by atoms with Crippen LogP contribution in [0.2, 0.25) is 0 Å². The second-order valence-electron chi connectivity index (χ2n) is 6.51. The van der Waals surface area contributed by atoms with E-state index < -0.39 is 6.10 Å². The van der Waals surface area contributed by atoms with E-state index in [4.69, 9.17) is 0 Å². The van der Waals surface area contributed by atoms with E-state index in [2.05, 4.69) is 22.1 Å². The van der Waals surface area contributed by atoms with Gasteiger partial charge in [-0.1, -0.05) is 6.92 Å². The van der Waals surface area contributed by atoms with Crippen LogP contribution in [0.3, 0.4) is 0 Å². The van der Waals surface area contributed by atoms with Gasteiger partial charge in [-0.15, -0.1) is 0 Å². The van der Waals surface area contributed by atoms with E-state index in [1.807, 2.05) is 23.8 Å². The molecule has 1 fully saturated rings. The normalized spacial score (nSPS) is 20.7. The Morgan fingerprint density at radius 3 is 3.00 bits per heavy atom. The third-order valence-corrected chi connectivity index (χ3v) is 4.67. The predicted octanol–water partition coefficient (Wildman–Crippen LogP) is 0.929. The number of carbonyl (C=O) groups excluding carboxylic acids is 1. The van der Waals surface area contributed by atoms with Gasteiger partial charge in [0.15, 0.2) is 0 Å². The van der Waals surface area contributed by atoms with Gasteiger partial charge in [0.2, 0.25) is 5.91 Å². The molecule has 3 rings (SSSR count). The van der Waals surface area contributed by atoms with Gasteiger partial charge in [0.1, 0.15) is 5.82 Å². The molecule has 2 aromatic rings. The average Bonchev–Trinajstić information content (AvgIpc) is 3.26. The molecule has 1 aliphatic heterocycles. The second kappa shape index (κ2) is 7.17. The summed E-state index contributed by atoms with van der Waals surface area (Å²) in [6, 6.07) is 1.99. The topological polar surface area (TPSA) is 87.0 Å². The fraction of sp³-hybridized carbons (Fsp3) is 0.588. The van der Waals surface area contributed by atoms with Crippen LogP contribution in [0.5, 0.6) is 0 Å². The number of rotatable bonds is 6. The Kier molecular flexibility index (Phi) is 4.99. The molecule has 7 heteroatoms. The van der Waals surface area contributed by atoms with Crippen LogP contribution in [-0.2, 0) is 24.2 Å². The van der Waals surface area contributed by atoms with Crippen molar-refractivity contribution in [3.8, 4) is 0 Å². The number of aromatic nitrogens is 4. The van der Waals surface area contributed by atoms with Crippen LogP contribution < -0.4 is 0 Å². The number of nitrogens with one attached hydrogen (secondary N) is 1. The van der Waals surface area contributed by atoms with Crippen LogP contribution >= 0.6 is 0 Å². The number of β-amino-alcohol motifs (C(OH)–C–C–N with tert-alkyl or cyclic N) is 1. The molecular formula is C17H25N5O2. The van der Waals surface area contributed by atoms with Gasteiger partial charge in [0.05, 0.1) is 11.8 Å². The lowest BCUT2D eigenvalue weighted by Crippen LogP contribution is -2.30. The fourth-order valence-electron chi connectivity index (χ4n) is 3.34. The van der Waals surface area contributed by atoms with E-state index in [9.17, 15) is 9.90 Å². The minimum absolute atomic E-state index is 0.0519.